The maximum atomic E-state index is 2.47. The number of hydrogen-bond donors (Lipinski definition) is 0. The lowest BCUT2D eigenvalue weighted by molar-refractivity contribution is 0.298. The van der Waals surface area contributed by atoms with E-state index in [0.29, 0.717) is 0 Å². The molecule has 88 valence electrons. The van der Waals surface area contributed by atoms with Crippen LogP contribution in [0.25, 0.3) is 0 Å². The lowest BCUT2D eigenvalue weighted by atomic mass is 9.79. The second-order valence-corrected chi connectivity index (χ2v) is 5.89. The Kier molecular flexibility index (Phi) is 5.42. The minimum absolute atomic E-state index is 0.880. The Morgan fingerprint density at radius 2 is 2.00 bits per heavy atom. The van der Waals surface area contributed by atoms with Gasteiger partial charge in [-0.2, -0.15) is 0 Å². The fraction of sp³-hybridized carbons (Fsp3) is 0.867. The van der Waals surface area contributed by atoms with Gasteiger partial charge in [0.25, 0.3) is 0 Å². The zero-order chi connectivity index (χ0) is 11.3. The van der Waals surface area contributed by atoms with E-state index in [1.807, 2.05) is 0 Å². The molecular formula is C15H28. The summed E-state index contributed by atoms with van der Waals surface area (Å²) in [7, 11) is 0. The first-order valence-corrected chi connectivity index (χ1v) is 6.75. The smallest absolute Gasteiger partial charge is 0.0317 e. The molecule has 0 fully saturated rings. The first-order valence-electron chi connectivity index (χ1n) is 6.75. The van der Waals surface area contributed by atoms with Crippen molar-refractivity contribution in [1.29, 1.82) is 0 Å². The molecule has 0 saturated heterocycles. The molecule has 0 radical (unpaired) electrons. The van der Waals surface area contributed by atoms with Crippen LogP contribution in [0.5, 0.6) is 0 Å². The lowest BCUT2D eigenvalue weighted by Gasteiger charge is -2.26. The second kappa shape index (κ2) is 6.35. The molecular weight excluding hydrogens is 180 g/mol. The molecule has 0 amide bonds. The maximum absolute atomic E-state index is 2.47. The van der Waals surface area contributed by atoms with Crippen molar-refractivity contribution in [2.75, 3.05) is 0 Å². The van der Waals surface area contributed by atoms with Gasteiger partial charge in [0.1, 0.15) is 0 Å². The largest absolute Gasteiger partial charge is 0.0853 e. The molecule has 0 N–H and O–H groups in total. The Hall–Kier alpha value is -0.260. The third kappa shape index (κ3) is 4.86. The van der Waals surface area contributed by atoms with Crippen LogP contribution in [0.3, 0.4) is 0 Å². The van der Waals surface area contributed by atoms with Crippen molar-refractivity contribution in [3.05, 3.63) is 11.6 Å². The molecule has 0 aromatic rings. The SMILES string of the molecule is CC1=CCC(C(C)CCCC(C)C)CC1. The van der Waals surface area contributed by atoms with Gasteiger partial charge < -0.3 is 0 Å². The first kappa shape index (κ1) is 12.8. The van der Waals surface area contributed by atoms with Gasteiger partial charge in [0.15, 0.2) is 0 Å². The van der Waals surface area contributed by atoms with E-state index >= 15 is 0 Å². The molecule has 15 heavy (non-hydrogen) atoms. The summed E-state index contributed by atoms with van der Waals surface area (Å²) in [5.41, 5.74) is 1.61. The third-order valence-electron chi connectivity index (χ3n) is 3.92. The van der Waals surface area contributed by atoms with Crippen LogP contribution in [0.4, 0.5) is 0 Å². The van der Waals surface area contributed by atoms with Crippen LogP contribution in [0.1, 0.15) is 66.2 Å². The molecule has 1 aliphatic rings. The number of rotatable bonds is 5. The van der Waals surface area contributed by atoms with E-state index in [1.165, 1.54) is 38.5 Å². The molecule has 0 bridgehead atoms. The highest BCUT2D eigenvalue weighted by Gasteiger charge is 2.18. The van der Waals surface area contributed by atoms with Crippen molar-refractivity contribution in [1.82, 2.24) is 0 Å². The summed E-state index contributed by atoms with van der Waals surface area (Å²) in [5.74, 6) is 2.79. The van der Waals surface area contributed by atoms with Gasteiger partial charge in [-0.3, -0.25) is 0 Å². The fourth-order valence-corrected chi connectivity index (χ4v) is 2.59. The van der Waals surface area contributed by atoms with Crippen molar-refractivity contribution in [2.45, 2.75) is 66.2 Å². The van der Waals surface area contributed by atoms with Gasteiger partial charge in [0, 0.05) is 0 Å². The van der Waals surface area contributed by atoms with Gasteiger partial charge in [0.05, 0.1) is 0 Å². The molecule has 0 nitrogen and oxygen atoms in total. The Labute approximate surface area is 96.2 Å². The monoisotopic (exact) mass is 208 g/mol. The third-order valence-corrected chi connectivity index (χ3v) is 3.92. The van der Waals surface area contributed by atoms with Crippen molar-refractivity contribution in [3.63, 3.8) is 0 Å². The predicted molar refractivity (Wildman–Crippen MR) is 69.0 cm³/mol. The molecule has 0 heteroatoms. The van der Waals surface area contributed by atoms with Crippen molar-refractivity contribution >= 4 is 0 Å². The van der Waals surface area contributed by atoms with Crippen LogP contribution < -0.4 is 0 Å². The molecule has 0 saturated carbocycles. The summed E-state index contributed by atoms with van der Waals surface area (Å²) in [6, 6.07) is 0. The minimum Gasteiger partial charge on any atom is -0.0853 e. The average Bonchev–Trinajstić information content (AvgIpc) is 2.18. The van der Waals surface area contributed by atoms with Gasteiger partial charge in [-0.05, 0) is 43.9 Å². The summed E-state index contributed by atoms with van der Waals surface area (Å²) >= 11 is 0. The predicted octanol–water partition coefficient (Wildman–Crippen LogP) is 5.20. The van der Waals surface area contributed by atoms with Crippen LogP contribution in [-0.2, 0) is 0 Å². The Morgan fingerprint density at radius 1 is 1.27 bits per heavy atom. The molecule has 1 rings (SSSR count). The van der Waals surface area contributed by atoms with E-state index in [1.54, 1.807) is 5.57 Å². The Balaban J connectivity index is 2.20. The zero-order valence-corrected chi connectivity index (χ0v) is 11.1. The van der Waals surface area contributed by atoms with Crippen LogP contribution in [0, 0.1) is 17.8 Å². The Bertz CT molecular complexity index is 200. The van der Waals surface area contributed by atoms with Gasteiger partial charge >= 0.3 is 0 Å². The molecule has 0 aromatic carbocycles. The summed E-state index contributed by atoms with van der Waals surface area (Å²) in [4.78, 5) is 0. The van der Waals surface area contributed by atoms with Crippen molar-refractivity contribution < 1.29 is 0 Å². The van der Waals surface area contributed by atoms with Crippen LogP contribution in [0.15, 0.2) is 11.6 Å². The molecule has 0 spiro atoms. The second-order valence-electron chi connectivity index (χ2n) is 5.89. The maximum Gasteiger partial charge on any atom is -0.0317 e. The number of allylic oxidation sites excluding steroid dienone is 2. The summed E-state index contributed by atoms with van der Waals surface area (Å²) in [5, 5.41) is 0. The van der Waals surface area contributed by atoms with E-state index in [2.05, 4.69) is 33.8 Å². The molecule has 0 heterocycles. The van der Waals surface area contributed by atoms with Gasteiger partial charge in [-0.15, -0.1) is 0 Å². The van der Waals surface area contributed by atoms with Gasteiger partial charge in [-0.1, -0.05) is 51.7 Å². The van der Waals surface area contributed by atoms with E-state index in [-0.39, 0.29) is 0 Å². The quantitative estimate of drug-likeness (QED) is 0.545. The number of hydrogen-bond acceptors (Lipinski definition) is 0. The lowest BCUT2D eigenvalue weighted by Crippen LogP contribution is -2.14. The molecule has 2 unspecified atom stereocenters. The molecule has 0 aliphatic heterocycles. The normalized spacial score (nSPS) is 24.1. The highest BCUT2D eigenvalue weighted by Crippen LogP contribution is 2.31. The molecule has 0 aromatic heterocycles. The minimum atomic E-state index is 0.880. The van der Waals surface area contributed by atoms with Crippen LogP contribution >= 0.6 is 0 Å². The summed E-state index contributed by atoms with van der Waals surface area (Å²) < 4.78 is 0. The standard InChI is InChI=1S/C15H28/c1-12(2)6-5-7-14(4)15-10-8-13(3)9-11-15/h8,12,14-15H,5-7,9-11H2,1-4H3. The van der Waals surface area contributed by atoms with Crippen LogP contribution in [0.2, 0.25) is 0 Å². The van der Waals surface area contributed by atoms with E-state index in [9.17, 15) is 0 Å². The van der Waals surface area contributed by atoms with Crippen LogP contribution in [-0.4, -0.2) is 0 Å². The highest BCUT2D eigenvalue weighted by atomic mass is 14.2. The van der Waals surface area contributed by atoms with Gasteiger partial charge in [-0.25, -0.2) is 0 Å². The Morgan fingerprint density at radius 3 is 2.53 bits per heavy atom. The first-order chi connectivity index (χ1) is 7.09. The average molecular weight is 208 g/mol. The highest BCUT2D eigenvalue weighted by molar-refractivity contribution is 5.03. The van der Waals surface area contributed by atoms with Crippen molar-refractivity contribution in [2.24, 2.45) is 17.8 Å². The zero-order valence-electron chi connectivity index (χ0n) is 11.1. The molecule has 1 aliphatic carbocycles. The summed E-state index contributed by atoms with van der Waals surface area (Å²) in [6.07, 6.45) is 10.9. The van der Waals surface area contributed by atoms with Gasteiger partial charge in [0.2, 0.25) is 0 Å². The van der Waals surface area contributed by atoms with E-state index in [0.717, 1.165) is 17.8 Å². The topological polar surface area (TPSA) is 0 Å². The molecule has 2 atom stereocenters. The van der Waals surface area contributed by atoms with E-state index < -0.39 is 0 Å². The summed E-state index contributed by atoms with van der Waals surface area (Å²) in [6.45, 7) is 9.40. The van der Waals surface area contributed by atoms with Crippen molar-refractivity contribution in [3.8, 4) is 0 Å². The van der Waals surface area contributed by atoms with E-state index in [4.69, 9.17) is 0 Å². The fourth-order valence-electron chi connectivity index (χ4n) is 2.59.